The van der Waals surface area contributed by atoms with Gasteiger partial charge in [-0.15, -0.1) is 0 Å². The van der Waals surface area contributed by atoms with Crippen molar-refractivity contribution in [3.63, 3.8) is 0 Å². The van der Waals surface area contributed by atoms with Crippen molar-refractivity contribution in [2.75, 3.05) is 0 Å². The first-order valence-electron chi connectivity index (χ1n) is 15.0. The molecule has 0 aliphatic heterocycles. The van der Waals surface area contributed by atoms with Gasteiger partial charge in [-0.05, 0) is 46.5 Å². The fraction of sp³-hybridized carbons (Fsp3) is 0. The Balaban J connectivity index is 1.33. The second kappa shape index (κ2) is 9.86. The lowest BCUT2D eigenvalue weighted by atomic mass is 9.92. The van der Waals surface area contributed by atoms with E-state index in [0.717, 1.165) is 38.8 Å². The Labute approximate surface area is 255 Å². The van der Waals surface area contributed by atoms with Crippen LogP contribution in [0.3, 0.4) is 0 Å². The first-order chi connectivity index (χ1) is 21.9. The van der Waals surface area contributed by atoms with Crippen LogP contribution < -0.4 is 0 Å². The molecule has 2 aromatic heterocycles. The van der Waals surface area contributed by atoms with Crippen molar-refractivity contribution in [1.29, 1.82) is 0 Å². The molecule has 0 saturated heterocycles. The number of rotatable bonds is 4. The van der Waals surface area contributed by atoms with E-state index in [9.17, 15) is 0 Å². The highest BCUT2D eigenvalue weighted by molar-refractivity contribution is 6.16. The van der Waals surface area contributed by atoms with Crippen molar-refractivity contribution in [2.45, 2.75) is 0 Å². The number of hydrogen-bond acceptors (Lipinski definition) is 1. The van der Waals surface area contributed by atoms with Crippen LogP contribution in [0, 0.1) is 0 Å². The molecule has 0 bridgehead atoms. The van der Waals surface area contributed by atoms with E-state index in [4.69, 9.17) is 4.42 Å². The minimum Gasteiger partial charge on any atom is -0.455 e. The molecule has 0 fully saturated rings. The van der Waals surface area contributed by atoms with E-state index in [-0.39, 0.29) is 0 Å². The third-order valence-corrected chi connectivity index (χ3v) is 8.84. The molecule has 0 spiro atoms. The van der Waals surface area contributed by atoms with Crippen LogP contribution >= 0.6 is 0 Å². The van der Waals surface area contributed by atoms with Crippen LogP contribution in [0.5, 0.6) is 0 Å². The second-order valence-corrected chi connectivity index (χ2v) is 11.3. The van der Waals surface area contributed by atoms with Crippen molar-refractivity contribution < 1.29 is 4.42 Å². The number of fused-ring (bicyclic) bond motifs is 6. The van der Waals surface area contributed by atoms with Gasteiger partial charge >= 0.3 is 0 Å². The van der Waals surface area contributed by atoms with E-state index in [1.807, 2.05) is 12.1 Å². The van der Waals surface area contributed by atoms with Gasteiger partial charge in [0.2, 0.25) is 0 Å². The van der Waals surface area contributed by atoms with Gasteiger partial charge < -0.3 is 8.98 Å². The standard InChI is InChI=1S/C42H27NO/c1-2-14-28(15-3-1)29-21-13-26-39-41(29)36-20-7-10-25-38(36)43(39)37-24-9-6-18-32(37)30-16-4-5-17-31(30)34-22-12-23-35-33-19-8-11-27-40(33)44-42(34)35/h1-27H. The summed E-state index contributed by atoms with van der Waals surface area (Å²) in [6.45, 7) is 0. The number of furan rings is 1. The maximum atomic E-state index is 6.50. The third-order valence-electron chi connectivity index (χ3n) is 8.84. The SMILES string of the molecule is c1ccc(-c2cccc3c2c2ccccc2n3-c2ccccc2-c2ccccc2-c2cccc3c2oc2ccccc23)cc1. The van der Waals surface area contributed by atoms with Crippen LogP contribution in [0.15, 0.2) is 168 Å². The van der Waals surface area contributed by atoms with Gasteiger partial charge in [0.25, 0.3) is 0 Å². The molecule has 206 valence electrons. The zero-order chi connectivity index (χ0) is 29.0. The largest absolute Gasteiger partial charge is 0.455 e. The van der Waals surface area contributed by atoms with E-state index in [1.54, 1.807) is 0 Å². The van der Waals surface area contributed by atoms with Crippen LogP contribution in [0.1, 0.15) is 0 Å². The number of nitrogens with zero attached hydrogens (tertiary/aromatic N) is 1. The Hall–Kier alpha value is -5.86. The van der Waals surface area contributed by atoms with Gasteiger partial charge in [-0.2, -0.15) is 0 Å². The van der Waals surface area contributed by atoms with Gasteiger partial charge in [0.1, 0.15) is 11.2 Å². The summed E-state index contributed by atoms with van der Waals surface area (Å²) in [5.41, 5.74) is 12.4. The summed E-state index contributed by atoms with van der Waals surface area (Å²) in [5.74, 6) is 0. The average molecular weight is 562 g/mol. The van der Waals surface area contributed by atoms with E-state index < -0.39 is 0 Å². The smallest absolute Gasteiger partial charge is 0.143 e. The molecule has 9 aromatic rings. The number of hydrogen-bond donors (Lipinski definition) is 0. The molecule has 0 radical (unpaired) electrons. The summed E-state index contributed by atoms with van der Waals surface area (Å²) in [6, 6.07) is 58.4. The molecule has 2 heterocycles. The van der Waals surface area contributed by atoms with Crippen LogP contribution in [0.4, 0.5) is 0 Å². The molecular formula is C42H27NO. The molecule has 7 aromatic carbocycles. The highest BCUT2D eigenvalue weighted by Crippen LogP contribution is 2.44. The Morgan fingerprint density at radius 2 is 0.932 bits per heavy atom. The minimum absolute atomic E-state index is 0.910. The van der Waals surface area contributed by atoms with Crippen LogP contribution in [0.2, 0.25) is 0 Å². The van der Waals surface area contributed by atoms with Crippen molar-refractivity contribution in [1.82, 2.24) is 4.57 Å². The van der Waals surface area contributed by atoms with E-state index >= 15 is 0 Å². The Bertz CT molecular complexity index is 2500. The molecular weight excluding hydrogens is 534 g/mol. The van der Waals surface area contributed by atoms with Crippen LogP contribution in [-0.2, 0) is 0 Å². The Morgan fingerprint density at radius 3 is 1.80 bits per heavy atom. The number of para-hydroxylation sites is 4. The molecule has 0 unspecified atom stereocenters. The first kappa shape index (κ1) is 24.7. The molecule has 9 rings (SSSR count). The van der Waals surface area contributed by atoms with Gasteiger partial charge in [-0.3, -0.25) is 0 Å². The maximum absolute atomic E-state index is 6.50. The molecule has 2 heteroatoms. The van der Waals surface area contributed by atoms with Crippen molar-refractivity contribution in [3.8, 4) is 39.1 Å². The molecule has 0 amide bonds. The van der Waals surface area contributed by atoms with Gasteiger partial charge in [0.05, 0.1) is 16.7 Å². The molecule has 2 nitrogen and oxygen atoms in total. The zero-order valence-corrected chi connectivity index (χ0v) is 23.9. The summed E-state index contributed by atoms with van der Waals surface area (Å²) >= 11 is 0. The Morgan fingerprint density at radius 1 is 0.364 bits per heavy atom. The van der Waals surface area contributed by atoms with Crippen molar-refractivity contribution >= 4 is 43.7 Å². The maximum Gasteiger partial charge on any atom is 0.143 e. The number of benzene rings is 7. The molecule has 0 atom stereocenters. The fourth-order valence-electron chi connectivity index (χ4n) is 6.95. The molecule has 0 aliphatic carbocycles. The normalized spacial score (nSPS) is 11.6. The summed E-state index contributed by atoms with van der Waals surface area (Å²) < 4.78 is 8.93. The predicted molar refractivity (Wildman–Crippen MR) is 184 cm³/mol. The topological polar surface area (TPSA) is 18.1 Å². The summed E-state index contributed by atoms with van der Waals surface area (Å²) in [5, 5.41) is 4.79. The molecule has 44 heavy (non-hydrogen) atoms. The summed E-state index contributed by atoms with van der Waals surface area (Å²) in [4.78, 5) is 0. The van der Waals surface area contributed by atoms with Crippen LogP contribution in [0.25, 0.3) is 82.8 Å². The average Bonchev–Trinajstić information content (AvgIpc) is 3.65. The van der Waals surface area contributed by atoms with Crippen molar-refractivity contribution in [2.24, 2.45) is 0 Å². The Kier molecular flexibility index (Phi) is 5.54. The minimum atomic E-state index is 0.910. The molecule has 0 aliphatic rings. The van der Waals surface area contributed by atoms with Gasteiger partial charge in [-0.25, -0.2) is 0 Å². The number of aromatic nitrogens is 1. The molecule has 0 N–H and O–H groups in total. The van der Waals surface area contributed by atoms with Crippen molar-refractivity contribution in [3.05, 3.63) is 164 Å². The lowest BCUT2D eigenvalue weighted by Crippen LogP contribution is -1.98. The van der Waals surface area contributed by atoms with Gasteiger partial charge in [0, 0.05) is 32.7 Å². The predicted octanol–water partition coefficient (Wildman–Crippen LogP) is 11.7. The molecule has 0 saturated carbocycles. The van der Waals surface area contributed by atoms with E-state index in [1.165, 1.54) is 44.1 Å². The van der Waals surface area contributed by atoms with E-state index in [0.29, 0.717) is 0 Å². The van der Waals surface area contributed by atoms with Gasteiger partial charge in [-0.1, -0.05) is 140 Å². The van der Waals surface area contributed by atoms with Gasteiger partial charge in [0.15, 0.2) is 0 Å². The quantitative estimate of drug-likeness (QED) is 0.209. The highest BCUT2D eigenvalue weighted by atomic mass is 16.3. The highest BCUT2D eigenvalue weighted by Gasteiger charge is 2.20. The monoisotopic (exact) mass is 561 g/mol. The van der Waals surface area contributed by atoms with Crippen LogP contribution in [-0.4, -0.2) is 4.57 Å². The first-order valence-corrected chi connectivity index (χ1v) is 15.0. The third kappa shape index (κ3) is 3.68. The fourth-order valence-corrected chi connectivity index (χ4v) is 6.95. The van der Waals surface area contributed by atoms with E-state index in [2.05, 4.69) is 156 Å². The summed E-state index contributed by atoms with van der Waals surface area (Å²) in [7, 11) is 0. The summed E-state index contributed by atoms with van der Waals surface area (Å²) in [6.07, 6.45) is 0. The zero-order valence-electron chi connectivity index (χ0n) is 23.9. The lowest BCUT2D eigenvalue weighted by molar-refractivity contribution is 0.670. The lowest BCUT2D eigenvalue weighted by Gasteiger charge is -2.17. The second-order valence-electron chi connectivity index (χ2n) is 11.3.